The van der Waals surface area contributed by atoms with Crippen molar-refractivity contribution in [2.75, 3.05) is 6.54 Å². The molecule has 124 valence electrons. The molecule has 6 heteroatoms. The zero-order valence-electron chi connectivity index (χ0n) is 13.1. The van der Waals surface area contributed by atoms with Gasteiger partial charge in [-0.15, -0.1) is 0 Å². The monoisotopic (exact) mass is 396 g/mol. The highest BCUT2D eigenvalue weighted by atomic mass is 79.9. The van der Waals surface area contributed by atoms with Crippen molar-refractivity contribution in [3.8, 4) is 6.07 Å². The molecule has 1 aliphatic rings. The molecule has 5 nitrogen and oxygen atoms in total. The third-order valence-electron chi connectivity index (χ3n) is 4.16. The topological polar surface area (TPSA) is 78.2 Å². The first kappa shape index (κ1) is 17.1. The van der Waals surface area contributed by atoms with Crippen molar-refractivity contribution in [1.82, 2.24) is 4.90 Å². The summed E-state index contributed by atoms with van der Waals surface area (Å²) in [5, 5.41) is 9.47. The Bertz CT molecular complexity index is 872. The van der Waals surface area contributed by atoms with Gasteiger partial charge < -0.3 is 0 Å². The fourth-order valence-electron chi connectivity index (χ4n) is 2.92. The zero-order valence-corrected chi connectivity index (χ0v) is 14.6. The van der Waals surface area contributed by atoms with Gasteiger partial charge in [-0.25, -0.2) is 0 Å². The second kappa shape index (κ2) is 6.99. The van der Waals surface area contributed by atoms with Gasteiger partial charge in [0.2, 0.25) is 5.91 Å². The Morgan fingerprint density at radius 2 is 1.72 bits per heavy atom. The lowest BCUT2D eigenvalue weighted by molar-refractivity contribution is -0.142. The summed E-state index contributed by atoms with van der Waals surface area (Å²) in [5.41, 5.74) is 0.905. The second-order valence-electron chi connectivity index (χ2n) is 5.70. The van der Waals surface area contributed by atoms with Gasteiger partial charge in [0, 0.05) is 10.0 Å². The van der Waals surface area contributed by atoms with Gasteiger partial charge in [0.15, 0.2) is 5.78 Å². The quantitative estimate of drug-likeness (QED) is 0.731. The minimum atomic E-state index is -1.21. The lowest BCUT2D eigenvalue weighted by Crippen LogP contribution is -2.52. The van der Waals surface area contributed by atoms with Crippen LogP contribution in [0.1, 0.15) is 21.8 Å². The molecule has 25 heavy (non-hydrogen) atoms. The summed E-state index contributed by atoms with van der Waals surface area (Å²) in [5.74, 6) is -3.59. The van der Waals surface area contributed by atoms with Gasteiger partial charge in [-0.05, 0) is 29.8 Å². The number of carbonyl (C=O) groups is 3. The number of likely N-dealkylation sites (tertiary alicyclic amines) is 1. The van der Waals surface area contributed by atoms with Crippen LogP contribution in [0.5, 0.6) is 0 Å². The summed E-state index contributed by atoms with van der Waals surface area (Å²) < 4.78 is 0.834. The number of carbonyl (C=O) groups excluding carboxylic acids is 3. The van der Waals surface area contributed by atoms with Crippen molar-refractivity contribution in [1.29, 1.82) is 5.26 Å². The van der Waals surface area contributed by atoms with Crippen molar-refractivity contribution in [2.24, 2.45) is 5.92 Å². The Labute approximate surface area is 153 Å². The van der Waals surface area contributed by atoms with Crippen LogP contribution in [0.2, 0.25) is 0 Å². The number of imide groups is 1. The van der Waals surface area contributed by atoms with Crippen LogP contribution in [-0.4, -0.2) is 29.0 Å². The first-order chi connectivity index (χ1) is 12.0. The number of rotatable bonds is 2. The fraction of sp³-hybridized carbons (Fsp3) is 0.158. The van der Waals surface area contributed by atoms with E-state index in [4.69, 9.17) is 0 Å². The highest BCUT2D eigenvalue weighted by Gasteiger charge is 2.45. The summed E-state index contributed by atoms with van der Waals surface area (Å²) in [6.07, 6.45) is 0. The molecule has 1 aliphatic heterocycles. The minimum Gasteiger partial charge on any atom is -0.297 e. The number of hydrogen-bond acceptors (Lipinski definition) is 4. The van der Waals surface area contributed by atoms with Crippen molar-refractivity contribution < 1.29 is 14.4 Å². The molecule has 0 spiro atoms. The van der Waals surface area contributed by atoms with Crippen LogP contribution in [0.15, 0.2) is 59.1 Å². The molecule has 0 radical (unpaired) electrons. The predicted molar refractivity (Wildman–Crippen MR) is 93.5 cm³/mol. The molecule has 1 saturated heterocycles. The van der Waals surface area contributed by atoms with Gasteiger partial charge >= 0.3 is 0 Å². The van der Waals surface area contributed by atoms with E-state index in [2.05, 4.69) is 15.9 Å². The summed E-state index contributed by atoms with van der Waals surface area (Å²) in [6, 6.07) is 17.1. The third-order valence-corrected chi connectivity index (χ3v) is 4.69. The normalized spacial score (nSPS) is 20.2. The van der Waals surface area contributed by atoms with Gasteiger partial charge in [0.05, 0.1) is 18.5 Å². The maximum atomic E-state index is 12.7. The van der Waals surface area contributed by atoms with Gasteiger partial charge in [0.1, 0.15) is 5.92 Å². The van der Waals surface area contributed by atoms with E-state index >= 15 is 0 Å². The van der Waals surface area contributed by atoms with E-state index in [0.29, 0.717) is 11.1 Å². The van der Waals surface area contributed by atoms with Crippen molar-refractivity contribution in [3.63, 3.8) is 0 Å². The summed E-state index contributed by atoms with van der Waals surface area (Å²) >= 11 is 3.31. The molecule has 0 aliphatic carbocycles. The average molecular weight is 397 g/mol. The lowest BCUT2D eigenvalue weighted by Gasteiger charge is -2.32. The van der Waals surface area contributed by atoms with Crippen LogP contribution < -0.4 is 0 Å². The maximum absolute atomic E-state index is 12.7. The minimum absolute atomic E-state index is 0.308. The molecule has 2 amide bonds. The Morgan fingerprint density at radius 3 is 2.32 bits per heavy atom. The molecule has 0 bridgehead atoms. The Morgan fingerprint density at radius 1 is 1.08 bits per heavy atom. The van der Waals surface area contributed by atoms with E-state index in [9.17, 15) is 19.6 Å². The highest BCUT2D eigenvalue weighted by Crippen LogP contribution is 2.32. The highest BCUT2D eigenvalue weighted by molar-refractivity contribution is 9.10. The first-order valence-electron chi connectivity index (χ1n) is 7.61. The second-order valence-corrected chi connectivity index (χ2v) is 6.61. The predicted octanol–water partition coefficient (Wildman–Crippen LogP) is 2.92. The largest absolute Gasteiger partial charge is 0.297 e. The van der Waals surface area contributed by atoms with Crippen molar-refractivity contribution in [2.45, 2.75) is 5.92 Å². The van der Waals surface area contributed by atoms with Gasteiger partial charge in [-0.1, -0.05) is 46.3 Å². The van der Waals surface area contributed by atoms with Crippen LogP contribution in [0.3, 0.4) is 0 Å². The van der Waals surface area contributed by atoms with E-state index in [0.717, 1.165) is 9.37 Å². The molecule has 0 N–H and O–H groups in total. The summed E-state index contributed by atoms with van der Waals surface area (Å²) in [4.78, 5) is 38.7. The fourth-order valence-corrected chi connectivity index (χ4v) is 3.18. The van der Waals surface area contributed by atoms with E-state index in [1.165, 1.54) is 0 Å². The van der Waals surface area contributed by atoms with Gasteiger partial charge in [-0.2, -0.15) is 5.26 Å². The van der Waals surface area contributed by atoms with E-state index in [-0.39, 0.29) is 12.3 Å². The number of hydrogen-bond donors (Lipinski definition) is 0. The smallest absolute Gasteiger partial charge is 0.260 e. The van der Waals surface area contributed by atoms with Crippen LogP contribution in [0.25, 0.3) is 0 Å². The molecule has 2 aromatic rings. The molecular formula is C19H13BrN2O3. The van der Waals surface area contributed by atoms with E-state index in [1.807, 2.05) is 6.07 Å². The molecule has 1 heterocycles. The molecule has 2 aromatic carbocycles. The molecule has 0 aromatic heterocycles. The van der Waals surface area contributed by atoms with Crippen molar-refractivity contribution in [3.05, 3.63) is 70.2 Å². The summed E-state index contributed by atoms with van der Waals surface area (Å²) in [7, 11) is 0. The maximum Gasteiger partial charge on any atom is 0.260 e. The Kier molecular flexibility index (Phi) is 4.77. The number of benzene rings is 2. The number of Topliss-reactive ketones (excluding diaryl/α,β-unsaturated/α-hetero) is 1. The number of nitrogens with zero attached hydrogens (tertiary/aromatic N) is 2. The molecular weight excluding hydrogens is 384 g/mol. The van der Waals surface area contributed by atoms with Gasteiger partial charge in [-0.3, -0.25) is 19.3 Å². The van der Waals surface area contributed by atoms with E-state index < -0.39 is 23.7 Å². The molecule has 2 atom stereocenters. The van der Waals surface area contributed by atoms with E-state index in [1.54, 1.807) is 54.6 Å². The van der Waals surface area contributed by atoms with Crippen LogP contribution in [0.4, 0.5) is 0 Å². The summed E-state index contributed by atoms with van der Waals surface area (Å²) in [6.45, 7) is -0.328. The van der Waals surface area contributed by atoms with Crippen LogP contribution in [-0.2, 0) is 9.59 Å². The third kappa shape index (κ3) is 3.24. The molecule has 3 rings (SSSR count). The van der Waals surface area contributed by atoms with Gasteiger partial charge in [0.25, 0.3) is 5.91 Å². The number of nitriles is 1. The number of ketones is 1. The molecule has 0 saturated carbocycles. The number of halogens is 1. The standard InChI is InChI=1S/C19H13BrN2O3/c20-14-8-6-12(7-9-14)17-15(10-21)19(25)22(11-16(17)23)18(24)13-4-2-1-3-5-13/h1-9,15,17H,11H2/t15-,17-/m0/s1. The number of piperidine rings is 1. The average Bonchev–Trinajstić information content (AvgIpc) is 2.64. The SMILES string of the molecule is N#C[C@@H]1C(=O)N(C(=O)c2ccccc2)CC(=O)[C@H]1c1ccc(Br)cc1. The Balaban J connectivity index is 1.93. The molecule has 0 unspecified atom stereocenters. The molecule has 1 fully saturated rings. The van der Waals surface area contributed by atoms with Crippen molar-refractivity contribution >= 4 is 33.5 Å². The Hall–Kier alpha value is -2.78. The lowest BCUT2D eigenvalue weighted by atomic mass is 9.79. The van der Waals surface area contributed by atoms with Crippen LogP contribution in [0, 0.1) is 17.2 Å². The zero-order chi connectivity index (χ0) is 18.0. The van der Waals surface area contributed by atoms with Crippen LogP contribution >= 0.6 is 15.9 Å². The number of amides is 2. The first-order valence-corrected chi connectivity index (χ1v) is 8.41.